The molecule has 4 aromatic rings. The number of methoxy groups -OCH3 is 1. The van der Waals surface area contributed by atoms with Crippen LogP contribution < -0.4 is 34.5 Å². The van der Waals surface area contributed by atoms with Gasteiger partial charge in [-0.05, 0) is 73.2 Å². The van der Waals surface area contributed by atoms with Crippen LogP contribution in [0.15, 0.2) is 97.1 Å². The zero-order valence-electron chi connectivity index (χ0n) is 22.0. The van der Waals surface area contributed by atoms with E-state index in [1.807, 2.05) is 66.7 Å². The van der Waals surface area contributed by atoms with Gasteiger partial charge in [0.15, 0.2) is 11.5 Å². The zero-order valence-corrected chi connectivity index (χ0v) is 22.0. The number of para-hydroxylation sites is 3. The van der Waals surface area contributed by atoms with E-state index in [-0.39, 0.29) is 18.7 Å². The molecule has 1 aliphatic rings. The molecule has 0 aliphatic carbocycles. The van der Waals surface area contributed by atoms with Crippen LogP contribution in [0.5, 0.6) is 28.7 Å². The minimum atomic E-state index is -0.330. The van der Waals surface area contributed by atoms with E-state index < -0.39 is 0 Å². The van der Waals surface area contributed by atoms with Gasteiger partial charge in [-0.1, -0.05) is 30.3 Å². The Hall–Kier alpha value is -5.18. The molecular weight excluding hydrogens is 510 g/mol. The first-order chi connectivity index (χ1) is 19.6. The molecule has 0 spiro atoms. The summed E-state index contributed by atoms with van der Waals surface area (Å²) < 4.78 is 21.9. The maximum absolute atomic E-state index is 13.4. The summed E-state index contributed by atoms with van der Waals surface area (Å²) in [6, 6.07) is 28.7. The summed E-state index contributed by atoms with van der Waals surface area (Å²) in [7, 11) is 1.55. The summed E-state index contributed by atoms with van der Waals surface area (Å²) in [5, 5.41) is 5.84. The van der Waals surface area contributed by atoms with Gasteiger partial charge >= 0.3 is 6.03 Å². The molecule has 0 aromatic heterocycles. The number of rotatable bonds is 10. The Morgan fingerprint density at radius 1 is 0.850 bits per heavy atom. The zero-order chi connectivity index (χ0) is 27.7. The van der Waals surface area contributed by atoms with E-state index in [2.05, 4.69) is 10.6 Å². The third-order valence-corrected chi connectivity index (χ3v) is 6.20. The van der Waals surface area contributed by atoms with E-state index in [4.69, 9.17) is 18.9 Å². The van der Waals surface area contributed by atoms with E-state index in [9.17, 15) is 9.59 Å². The fraction of sp³-hybridized carbons (Fsp3) is 0.161. The highest BCUT2D eigenvalue weighted by molar-refractivity contribution is 6.02. The predicted molar refractivity (Wildman–Crippen MR) is 152 cm³/mol. The quantitative estimate of drug-likeness (QED) is 0.237. The number of nitrogens with one attached hydrogen (secondary N) is 2. The van der Waals surface area contributed by atoms with Crippen LogP contribution in [0.3, 0.4) is 0 Å². The van der Waals surface area contributed by atoms with Crippen molar-refractivity contribution in [2.45, 2.75) is 6.42 Å². The fourth-order valence-electron chi connectivity index (χ4n) is 4.18. The molecule has 4 aromatic carbocycles. The molecule has 9 heteroatoms. The predicted octanol–water partition coefficient (Wildman–Crippen LogP) is 6.07. The summed E-state index contributed by atoms with van der Waals surface area (Å²) in [5.41, 5.74) is 1.71. The molecular formula is C31H29N3O6. The van der Waals surface area contributed by atoms with Gasteiger partial charge < -0.3 is 29.6 Å². The van der Waals surface area contributed by atoms with E-state index in [1.54, 1.807) is 42.3 Å². The molecule has 40 heavy (non-hydrogen) atoms. The Morgan fingerprint density at radius 3 is 2.38 bits per heavy atom. The van der Waals surface area contributed by atoms with E-state index >= 15 is 0 Å². The van der Waals surface area contributed by atoms with E-state index in [1.165, 1.54) is 0 Å². The molecule has 0 unspecified atom stereocenters. The lowest BCUT2D eigenvalue weighted by Crippen LogP contribution is -2.37. The molecule has 0 bridgehead atoms. The molecule has 0 saturated carbocycles. The first kappa shape index (κ1) is 26.4. The number of urea groups is 1. The Labute approximate surface area is 232 Å². The number of hydrogen-bond acceptors (Lipinski definition) is 6. The van der Waals surface area contributed by atoms with Crippen molar-refractivity contribution in [3.05, 3.63) is 103 Å². The molecule has 3 amide bonds. The molecule has 1 aliphatic heterocycles. The second-order valence-electron chi connectivity index (χ2n) is 8.87. The number of amides is 3. The summed E-state index contributed by atoms with van der Waals surface area (Å²) >= 11 is 0. The molecule has 0 saturated heterocycles. The Balaban J connectivity index is 1.25. The standard InChI is InChI=1S/C31H29N3O6/c1-37-27-11-6-5-10-26(27)33-31(36)34(23-13-15-25(16-14-23)40-24-8-3-2-4-9-24)19-7-18-32-30(35)22-12-17-28-29(20-22)39-21-38-28/h2-6,8-17,20H,7,18-19,21H2,1H3,(H,32,35)(H,33,36). The van der Waals surface area contributed by atoms with Gasteiger partial charge in [-0.15, -0.1) is 0 Å². The van der Waals surface area contributed by atoms with Gasteiger partial charge in [0, 0.05) is 24.3 Å². The van der Waals surface area contributed by atoms with E-state index in [0.29, 0.717) is 59.4 Å². The summed E-state index contributed by atoms with van der Waals surface area (Å²) in [6.07, 6.45) is 0.512. The van der Waals surface area contributed by atoms with Crippen molar-refractivity contribution in [2.24, 2.45) is 0 Å². The summed E-state index contributed by atoms with van der Waals surface area (Å²) in [5.74, 6) is 2.86. The number of carbonyl (C=O) groups excluding carboxylic acids is 2. The second kappa shape index (κ2) is 12.6. The van der Waals surface area contributed by atoms with Crippen molar-refractivity contribution in [1.29, 1.82) is 0 Å². The molecule has 0 radical (unpaired) electrons. The van der Waals surface area contributed by atoms with Crippen LogP contribution in [0.1, 0.15) is 16.8 Å². The Bertz CT molecular complexity index is 1460. The third kappa shape index (κ3) is 6.44. The average Bonchev–Trinajstić information content (AvgIpc) is 3.46. The SMILES string of the molecule is COc1ccccc1NC(=O)N(CCCNC(=O)c1ccc2c(c1)OCO2)c1ccc(Oc2ccccc2)cc1. The normalized spacial score (nSPS) is 11.4. The first-order valence-corrected chi connectivity index (χ1v) is 12.8. The molecule has 1 heterocycles. The number of anilines is 2. The number of nitrogens with zero attached hydrogens (tertiary/aromatic N) is 1. The average molecular weight is 540 g/mol. The first-order valence-electron chi connectivity index (χ1n) is 12.8. The number of ether oxygens (including phenoxy) is 4. The molecule has 5 rings (SSSR count). The van der Waals surface area contributed by atoms with Gasteiger partial charge in [0.25, 0.3) is 5.91 Å². The molecule has 2 N–H and O–H groups in total. The largest absolute Gasteiger partial charge is 0.495 e. The van der Waals surface area contributed by atoms with Gasteiger partial charge in [-0.2, -0.15) is 0 Å². The number of fused-ring (bicyclic) bond motifs is 1. The minimum absolute atomic E-state index is 0.145. The molecule has 0 atom stereocenters. The maximum atomic E-state index is 13.4. The van der Waals surface area contributed by atoms with Crippen molar-refractivity contribution >= 4 is 23.3 Å². The summed E-state index contributed by atoms with van der Waals surface area (Å²) in [6.45, 7) is 0.856. The molecule has 9 nitrogen and oxygen atoms in total. The Kier molecular flexibility index (Phi) is 8.31. The van der Waals surface area contributed by atoms with Crippen molar-refractivity contribution < 1.29 is 28.5 Å². The fourth-order valence-corrected chi connectivity index (χ4v) is 4.18. The lowest BCUT2D eigenvalue weighted by Gasteiger charge is -2.24. The number of carbonyl (C=O) groups is 2. The van der Waals surface area contributed by atoms with Crippen LogP contribution in [-0.4, -0.2) is 38.9 Å². The lowest BCUT2D eigenvalue weighted by molar-refractivity contribution is 0.0953. The molecule has 204 valence electrons. The smallest absolute Gasteiger partial charge is 0.326 e. The van der Waals surface area contributed by atoms with E-state index in [0.717, 1.165) is 5.75 Å². The highest BCUT2D eigenvalue weighted by Gasteiger charge is 2.19. The van der Waals surface area contributed by atoms with Crippen molar-refractivity contribution in [3.63, 3.8) is 0 Å². The van der Waals surface area contributed by atoms with Crippen LogP contribution >= 0.6 is 0 Å². The molecule has 0 fully saturated rings. The van der Waals surface area contributed by atoms with Crippen LogP contribution in [0.25, 0.3) is 0 Å². The van der Waals surface area contributed by atoms with Crippen LogP contribution in [0, 0.1) is 0 Å². The summed E-state index contributed by atoms with van der Waals surface area (Å²) in [4.78, 5) is 27.7. The van der Waals surface area contributed by atoms with Gasteiger partial charge in [-0.25, -0.2) is 4.79 Å². The van der Waals surface area contributed by atoms with Crippen molar-refractivity contribution in [3.8, 4) is 28.7 Å². The van der Waals surface area contributed by atoms with Crippen molar-refractivity contribution in [2.75, 3.05) is 37.2 Å². The monoisotopic (exact) mass is 539 g/mol. The second-order valence-corrected chi connectivity index (χ2v) is 8.87. The maximum Gasteiger partial charge on any atom is 0.326 e. The van der Waals surface area contributed by atoms with Gasteiger partial charge in [-0.3, -0.25) is 9.69 Å². The highest BCUT2D eigenvalue weighted by atomic mass is 16.7. The third-order valence-electron chi connectivity index (χ3n) is 6.20. The van der Waals surface area contributed by atoms with Gasteiger partial charge in [0.2, 0.25) is 6.79 Å². The Morgan fingerprint density at radius 2 is 1.57 bits per heavy atom. The van der Waals surface area contributed by atoms with Crippen LogP contribution in [0.4, 0.5) is 16.2 Å². The topological polar surface area (TPSA) is 98.4 Å². The number of hydrogen-bond donors (Lipinski definition) is 2. The highest BCUT2D eigenvalue weighted by Crippen LogP contribution is 2.32. The van der Waals surface area contributed by atoms with Gasteiger partial charge in [0.05, 0.1) is 12.8 Å². The lowest BCUT2D eigenvalue weighted by atomic mass is 10.2. The van der Waals surface area contributed by atoms with Crippen molar-refractivity contribution in [1.82, 2.24) is 5.32 Å². The van der Waals surface area contributed by atoms with Crippen LogP contribution in [0.2, 0.25) is 0 Å². The van der Waals surface area contributed by atoms with Crippen LogP contribution in [-0.2, 0) is 0 Å². The van der Waals surface area contributed by atoms with Gasteiger partial charge in [0.1, 0.15) is 17.2 Å². The minimum Gasteiger partial charge on any atom is -0.495 e. The number of benzene rings is 4.